The van der Waals surface area contributed by atoms with Crippen molar-refractivity contribution in [3.63, 3.8) is 0 Å². The number of aryl methyl sites for hydroxylation is 1. The molecular formula is C18H21Cl2N3O3S. The third kappa shape index (κ3) is 6.59. The molecule has 1 saturated carbocycles. The van der Waals surface area contributed by atoms with Crippen LogP contribution >= 0.6 is 35.0 Å². The Kier molecular flexibility index (Phi) is 7.67. The second-order valence-corrected chi connectivity index (χ2v) is 8.10. The smallest absolute Gasteiger partial charge is 0.277 e. The molecule has 1 aromatic carbocycles. The van der Waals surface area contributed by atoms with E-state index in [0.29, 0.717) is 52.4 Å². The summed E-state index contributed by atoms with van der Waals surface area (Å²) in [6.45, 7) is 0.468. The zero-order valence-corrected chi connectivity index (χ0v) is 17.1. The van der Waals surface area contributed by atoms with Gasteiger partial charge in [-0.3, -0.25) is 4.79 Å². The minimum atomic E-state index is 0.0138. The van der Waals surface area contributed by atoms with Crippen molar-refractivity contribution in [1.82, 2.24) is 15.5 Å². The summed E-state index contributed by atoms with van der Waals surface area (Å²) >= 11 is 13.2. The van der Waals surface area contributed by atoms with Crippen molar-refractivity contribution in [1.29, 1.82) is 0 Å². The maximum absolute atomic E-state index is 11.9. The Balaban J connectivity index is 1.34. The minimum absolute atomic E-state index is 0.0138. The number of ether oxygens (including phenoxy) is 1. The normalized spacial score (nSPS) is 14.4. The molecule has 1 aliphatic carbocycles. The fraction of sp³-hybridized carbons (Fsp3) is 0.500. The van der Waals surface area contributed by atoms with Crippen molar-refractivity contribution in [2.24, 2.45) is 0 Å². The number of halogens is 2. The highest BCUT2D eigenvalue weighted by molar-refractivity contribution is 7.99. The number of aromatic nitrogens is 2. The number of benzene rings is 1. The zero-order chi connectivity index (χ0) is 19.1. The fourth-order valence-electron chi connectivity index (χ4n) is 2.86. The molecule has 0 spiro atoms. The predicted octanol–water partition coefficient (Wildman–Crippen LogP) is 4.54. The second-order valence-electron chi connectivity index (χ2n) is 6.33. The van der Waals surface area contributed by atoms with Crippen molar-refractivity contribution in [3.05, 3.63) is 34.1 Å². The fourth-order valence-corrected chi connectivity index (χ4v) is 3.92. The lowest BCUT2D eigenvalue weighted by Crippen LogP contribution is -2.33. The van der Waals surface area contributed by atoms with Gasteiger partial charge in [-0.1, -0.05) is 47.8 Å². The van der Waals surface area contributed by atoms with Crippen LogP contribution in [0.4, 0.5) is 0 Å². The van der Waals surface area contributed by atoms with Crippen LogP contribution in [0.5, 0.6) is 5.75 Å². The van der Waals surface area contributed by atoms with Gasteiger partial charge in [0.25, 0.3) is 5.22 Å². The third-order valence-electron chi connectivity index (χ3n) is 4.18. The van der Waals surface area contributed by atoms with Gasteiger partial charge in [0.15, 0.2) is 0 Å². The Morgan fingerprint density at radius 3 is 2.89 bits per heavy atom. The molecule has 0 bridgehead atoms. The molecule has 2 aromatic rings. The van der Waals surface area contributed by atoms with Gasteiger partial charge in [-0.05, 0) is 37.5 Å². The molecule has 3 rings (SSSR count). The molecule has 27 heavy (non-hydrogen) atoms. The number of amides is 1. The second kappa shape index (κ2) is 10.2. The van der Waals surface area contributed by atoms with Crippen LogP contribution in [-0.4, -0.2) is 34.5 Å². The summed E-state index contributed by atoms with van der Waals surface area (Å²) < 4.78 is 11.2. The molecule has 1 aromatic heterocycles. The van der Waals surface area contributed by atoms with Gasteiger partial charge < -0.3 is 14.5 Å². The van der Waals surface area contributed by atoms with Crippen LogP contribution in [-0.2, 0) is 11.2 Å². The highest BCUT2D eigenvalue weighted by Crippen LogP contribution is 2.27. The highest BCUT2D eigenvalue weighted by atomic mass is 35.5. The van der Waals surface area contributed by atoms with Crippen molar-refractivity contribution >= 4 is 40.9 Å². The van der Waals surface area contributed by atoms with Gasteiger partial charge in [0.1, 0.15) is 5.75 Å². The molecule has 0 radical (unpaired) electrons. The number of hydrogen-bond donors (Lipinski definition) is 1. The Bertz CT molecular complexity index is 766. The lowest BCUT2D eigenvalue weighted by molar-refractivity contribution is -0.119. The van der Waals surface area contributed by atoms with Crippen LogP contribution in [0.25, 0.3) is 0 Å². The monoisotopic (exact) mass is 429 g/mol. The summed E-state index contributed by atoms with van der Waals surface area (Å²) in [5, 5.41) is 12.5. The average molecular weight is 430 g/mol. The number of thioether (sulfide) groups is 1. The molecule has 1 N–H and O–H groups in total. The van der Waals surface area contributed by atoms with Crippen LogP contribution in [0, 0.1) is 0 Å². The van der Waals surface area contributed by atoms with E-state index in [1.54, 1.807) is 18.2 Å². The number of rotatable bonds is 9. The van der Waals surface area contributed by atoms with Crippen molar-refractivity contribution < 1.29 is 13.9 Å². The Hall–Kier alpha value is -1.44. The zero-order valence-electron chi connectivity index (χ0n) is 14.7. The van der Waals surface area contributed by atoms with Gasteiger partial charge in [0.05, 0.1) is 17.4 Å². The van der Waals surface area contributed by atoms with E-state index in [0.717, 1.165) is 12.8 Å². The largest absolute Gasteiger partial charge is 0.492 e. The lowest BCUT2D eigenvalue weighted by Gasteiger charge is -2.10. The first-order valence-corrected chi connectivity index (χ1v) is 10.7. The molecule has 0 unspecified atom stereocenters. The predicted molar refractivity (Wildman–Crippen MR) is 106 cm³/mol. The first-order chi connectivity index (χ1) is 13.1. The maximum atomic E-state index is 11.9. The molecular weight excluding hydrogens is 409 g/mol. The van der Waals surface area contributed by atoms with E-state index in [1.165, 1.54) is 24.6 Å². The molecule has 1 aliphatic rings. The molecule has 0 atom stereocenters. The van der Waals surface area contributed by atoms with Crippen LogP contribution in [0.15, 0.2) is 27.8 Å². The molecule has 0 saturated heterocycles. The van der Waals surface area contributed by atoms with E-state index < -0.39 is 0 Å². The molecule has 1 amide bonds. The molecule has 1 fully saturated rings. The summed E-state index contributed by atoms with van der Waals surface area (Å²) in [5.74, 6) is 1.42. The molecule has 146 valence electrons. The van der Waals surface area contributed by atoms with Crippen molar-refractivity contribution in [2.45, 2.75) is 49.8 Å². The van der Waals surface area contributed by atoms with E-state index in [2.05, 4.69) is 15.5 Å². The SMILES string of the molecule is O=C(CSc1nnc(CCCOc2ccc(Cl)cc2Cl)o1)NC1CCCC1. The van der Waals surface area contributed by atoms with Gasteiger partial charge in [-0.15, -0.1) is 10.2 Å². The third-order valence-corrected chi connectivity index (χ3v) is 5.53. The number of nitrogens with zero attached hydrogens (tertiary/aromatic N) is 2. The molecule has 1 heterocycles. The Labute approximate surface area is 172 Å². The van der Waals surface area contributed by atoms with Crippen LogP contribution in [0.3, 0.4) is 0 Å². The molecule has 6 nitrogen and oxygen atoms in total. The van der Waals surface area contributed by atoms with Gasteiger partial charge in [0, 0.05) is 17.5 Å². The lowest BCUT2D eigenvalue weighted by atomic mass is 10.2. The number of nitrogens with one attached hydrogen (secondary N) is 1. The van der Waals surface area contributed by atoms with Gasteiger partial charge in [0.2, 0.25) is 11.8 Å². The van der Waals surface area contributed by atoms with Crippen molar-refractivity contribution in [2.75, 3.05) is 12.4 Å². The highest BCUT2D eigenvalue weighted by Gasteiger charge is 2.17. The standard InChI is InChI=1S/C18H21Cl2N3O3S/c19-12-7-8-15(14(20)10-12)25-9-3-6-17-22-23-18(26-17)27-11-16(24)21-13-4-1-2-5-13/h7-8,10,13H,1-6,9,11H2,(H,21,24). The van der Waals surface area contributed by atoms with E-state index in [9.17, 15) is 4.79 Å². The van der Waals surface area contributed by atoms with Crippen LogP contribution in [0.2, 0.25) is 10.0 Å². The Morgan fingerprint density at radius 1 is 1.30 bits per heavy atom. The minimum Gasteiger partial charge on any atom is -0.492 e. The van der Waals surface area contributed by atoms with Crippen LogP contribution in [0.1, 0.15) is 38.0 Å². The van der Waals surface area contributed by atoms with Gasteiger partial charge >= 0.3 is 0 Å². The van der Waals surface area contributed by atoms with Gasteiger partial charge in [-0.2, -0.15) is 0 Å². The molecule has 0 aliphatic heterocycles. The summed E-state index contributed by atoms with van der Waals surface area (Å²) in [7, 11) is 0. The van der Waals surface area contributed by atoms with E-state index in [-0.39, 0.29) is 11.7 Å². The topological polar surface area (TPSA) is 77.2 Å². The molecule has 9 heteroatoms. The first-order valence-electron chi connectivity index (χ1n) is 8.92. The summed E-state index contributed by atoms with van der Waals surface area (Å²) in [5.41, 5.74) is 0. The first kappa shape index (κ1) is 20.3. The number of carbonyl (C=O) groups excluding carboxylic acids is 1. The number of hydrogen-bond acceptors (Lipinski definition) is 6. The van der Waals surface area contributed by atoms with Gasteiger partial charge in [-0.25, -0.2) is 0 Å². The quantitative estimate of drug-likeness (QED) is 0.465. The van der Waals surface area contributed by atoms with Crippen molar-refractivity contribution in [3.8, 4) is 5.75 Å². The maximum Gasteiger partial charge on any atom is 0.277 e. The average Bonchev–Trinajstić information content (AvgIpc) is 3.30. The van der Waals surface area contributed by atoms with E-state index >= 15 is 0 Å². The van der Waals surface area contributed by atoms with Crippen LogP contribution < -0.4 is 10.1 Å². The number of carbonyl (C=O) groups is 1. The summed E-state index contributed by atoms with van der Waals surface area (Å²) in [6.07, 6.45) is 5.83. The summed E-state index contributed by atoms with van der Waals surface area (Å²) in [6, 6.07) is 5.43. The summed E-state index contributed by atoms with van der Waals surface area (Å²) in [4.78, 5) is 11.9. The van der Waals surface area contributed by atoms with E-state index in [1.807, 2.05) is 0 Å². The Morgan fingerprint density at radius 2 is 2.11 bits per heavy atom. The van der Waals surface area contributed by atoms with E-state index in [4.69, 9.17) is 32.4 Å².